The van der Waals surface area contributed by atoms with E-state index in [2.05, 4.69) is 28.7 Å². The van der Waals surface area contributed by atoms with Crippen LogP contribution in [0.25, 0.3) is 10.2 Å². The Morgan fingerprint density at radius 1 is 1.42 bits per heavy atom. The van der Waals surface area contributed by atoms with E-state index >= 15 is 0 Å². The second-order valence-corrected chi connectivity index (χ2v) is 6.37. The zero-order valence-corrected chi connectivity index (χ0v) is 12.0. The summed E-state index contributed by atoms with van der Waals surface area (Å²) in [5, 5.41) is 10.5. The molecular formula is C13H18N4OS. The first kappa shape index (κ1) is 12.8. The normalized spacial score (nSPS) is 20.5. The summed E-state index contributed by atoms with van der Waals surface area (Å²) in [4.78, 5) is 13.4. The fraction of sp³-hybridized carbons (Fsp3) is 0.538. The van der Waals surface area contributed by atoms with Crippen molar-refractivity contribution in [1.82, 2.24) is 14.9 Å². The van der Waals surface area contributed by atoms with Gasteiger partial charge in [-0.15, -0.1) is 11.3 Å². The molecule has 2 aromatic heterocycles. The van der Waals surface area contributed by atoms with Crippen molar-refractivity contribution in [3.8, 4) is 0 Å². The van der Waals surface area contributed by atoms with Crippen LogP contribution in [-0.4, -0.2) is 39.2 Å². The number of likely N-dealkylation sites (tertiary alicyclic amines) is 1. The van der Waals surface area contributed by atoms with Gasteiger partial charge in [-0.2, -0.15) is 0 Å². The zero-order valence-electron chi connectivity index (χ0n) is 11.2. The number of thiophene rings is 1. The van der Waals surface area contributed by atoms with Gasteiger partial charge in [-0.1, -0.05) is 0 Å². The molecule has 1 fully saturated rings. The van der Waals surface area contributed by atoms with E-state index in [-0.39, 0.29) is 6.10 Å². The molecule has 102 valence electrons. The van der Waals surface area contributed by atoms with E-state index in [9.17, 15) is 5.11 Å². The number of anilines is 1. The summed E-state index contributed by atoms with van der Waals surface area (Å²) >= 11 is 1.67. The SMILES string of the molecule is Cc1sc2nc(CN3CC[C@@H](O)C3)nc(N)c2c1C. The molecule has 0 aliphatic carbocycles. The van der Waals surface area contributed by atoms with Gasteiger partial charge in [0.05, 0.1) is 18.0 Å². The van der Waals surface area contributed by atoms with E-state index in [0.717, 1.165) is 29.0 Å². The lowest BCUT2D eigenvalue weighted by atomic mass is 10.2. The number of aliphatic hydroxyl groups is 1. The molecule has 1 atom stereocenters. The summed E-state index contributed by atoms with van der Waals surface area (Å²) < 4.78 is 0. The van der Waals surface area contributed by atoms with E-state index in [1.165, 1.54) is 10.4 Å². The Labute approximate surface area is 116 Å². The van der Waals surface area contributed by atoms with Crippen molar-refractivity contribution >= 4 is 27.4 Å². The van der Waals surface area contributed by atoms with E-state index in [1.807, 2.05) is 0 Å². The number of aromatic nitrogens is 2. The van der Waals surface area contributed by atoms with Gasteiger partial charge in [-0.05, 0) is 25.8 Å². The van der Waals surface area contributed by atoms with Gasteiger partial charge in [0, 0.05) is 18.0 Å². The van der Waals surface area contributed by atoms with Crippen molar-refractivity contribution in [2.45, 2.75) is 32.9 Å². The minimum atomic E-state index is -0.215. The van der Waals surface area contributed by atoms with Gasteiger partial charge in [0.2, 0.25) is 0 Å². The molecule has 1 aliphatic rings. The molecule has 0 amide bonds. The van der Waals surface area contributed by atoms with Crippen molar-refractivity contribution in [3.05, 3.63) is 16.3 Å². The van der Waals surface area contributed by atoms with Crippen molar-refractivity contribution in [2.24, 2.45) is 0 Å². The maximum absolute atomic E-state index is 9.54. The van der Waals surface area contributed by atoms with Crippen molar-refractivity contribution in [3.63, 3.8) is 0 Å². The molecule has 5 nitrogen and oxygen atoms in total. The fourth-order valence-electron chi connectivity index (χ4n) is 2.55. The van der Waals surface area contributed by atoms with Gasteiger partial charge < -0.3 is 10.8 Å². The molecule has 0 bridgehead atoms. The average Bonchev–Trinajstić information content (AvgIpc) is 2.85. The number of fused-ring (bicyclic) bond motifs is 1. The number of β-amino-alcohol motifs (C(OH)–C–C–N with tert-alkyl or cyclic N) is 1. The number of hydrogen-bond acceptors (Lipinski definition) is 6. The molecule has 0 saturated carbocycles. The third-order valence-electron chi connectivity index (χ3n) is 3.72. The van der Waals surface area contributed by atoms with Crippen LogP contribution in [0.4, 0.5) is 5.82 Å². The summed E-state index contributed by atoms with van der Waals surface area (Å²) in [5.41, 5.74) is 7.24. The lowest BCUT2D eigenvalue weighted by Crippen LogP contribution is -2.23. The number of hydrogen-bond donors (Lipinski definition) is 2. The molecule has 3 heterocycles. The number of nitrogens with zero attached hydrogens (tertiary/aromatic N) is 3. The third kappa shape index (κ3) is 2.31. The van der Waals surface area contributed by atoms with Gasteiger partial charge in [0.1, 0.15) is 16.5 Å². The van der Waals surface area contributed by atoms with Crippen LogP contribution in [0, 0.1) is 13.8 Å². The summed E-state index contributed by atoms with van der Waals surface area (Å²) in [6, 6.07) is 0. The molecule has 0 unspecified atom stereocenters. The molecule has 3 N–H and O–H groups in total. The van der Waals surface area contributed by atoms with E-state index in [0.29, 0.717) is 18.9 Å². The Bertz CT molecular complexity index is 625. The highest BCUT2D eigenvalue weighted by Gasteiger charge is 2.21. The summed E-state index contributed by atoms with van der Waals surface area (Å²) in [7, 11) is 0. The van der Waals surface area contributed by atoms with Crippen LogP contribution in [0.3, 0.4) is 0 Å². The molecule has 2 aromatic rings. The van der Waals surface area contributed by atoms with Crippen molar-refractivity contribution in [1.29, 1.82) is 0 Å². The first-order chi connectivity index (χ1) is 9.04. The van der Waals surface area contributed by atoms with Crippen LogP contribution in [0.1, 0.15) is 22.7 Å². The van der Waals surface area contributed by atoms with Crippen LogP contribution < -0.4 is 5.73 Å². The number of aliphatic hydroxyl groups excluding tert-OH is 1. The van der Waals surface area contributed by atoms with Crippen molar-refractivity contribution < 1.29 is 5.11 Å². The van der Waals surface area contributed by atoms with Crippen LogP contribution in [-0.2, 0) is 6.54 Å². The summed E-state index contributed by atoms with van der Waals surface area (Å²) in [6.45, 7) is 6.39. The monoisotopic (exact) mass is 278 g/mol. The Balaban J connectivity index is 1.93. The minimum Gasteiger partial charge on any atom is -0.392 e. The van der Waals surface area contributed by atoms with Crippen molar-refractivity contribution in [2.75, 3.05) is 18.8 Å². The second kappa shape index (κ2) is 4.70. The molecule has 1 aliphatic heterocycles. The van der Waals surface area contributed by atoms with Crippen LogP contribution in [0.15, 0.2) is 0 Å². The lowest BCUT2D eigenvalue weighted by molar-refractivity contribution is 0.174. The zero-order chi connectivity index (χ0) is 13.6. The molecule has 19 heavy (non-hydrogen) atoms. The summed E-state index contributed by atoms with van der Waals surface area (Å²) in [5.74, 6) is 1.32. The van der Waals surface area contributed by atoms with Crippen LogP contribution >= 0.6 is 11.3 Å². The predicted octanol–water partition coefficient (Wildman–Crippen LogP) is 1.46. The van der Waals surface area contributed by atoms with Gasteiger partial charge in [0.15, 0.2) is 0 Å². The van der Waals surface area contributed by atoms with Gasteiger partial charge in [-0.3, -0.25) is 4.90 Å². The Morgan fingerprint density at radius 3 is 2.89 bits per heavy atom. The Morgan fingerprint density at radius 2 is 2.21 bits per heavy atom. The van der Waals surface area contributed by atoms with E-state index in [1.54, 1.807) is 11.3 Å². The predicted molar refractivity (Wildman–Crippen MR) is 77.2 cm³/mol. The molecule has 3 rings (SSSR count). The first-order valence-electron chi connectivity index (χ1n) is 6.47. The Kier molecular flexibility index (Phi) is 3.16. The maximum atomic E-state index is 9.54. The van der Waals surface area contributed by atoms with Crippen LogP contribution in [0.5, 0.6) is 0 Å². The lowest BCUT2D eigenvalue weighted by Gasteiger charge is -2.13. The molecule has 0 radical (unpaired) electrons. The number of aryl methyl sites for hydroxylation is 2. The largest absolute Gasteiger partial charge is 0.392 e. The minimum absolute atomic E-state index is 0.215. The second-order valence-electron chi connectivity index (χ2n) is 5.17. The first-order valence-corrected chi connectivity index (χ1v) is 7.28. The molecular weight excluding hydrogens is 260 g/mol. The molecule has 1 saturated heterocycles. The van der Waals surface area contributed by atoms with Crippen LogP contribution in [0.2, 0.25) is 0 Å². The maximum Gasteiger partial charge on any atom is 0.146 e. The summed E-state index contributed by atoms with van der Waals surface area (Å²) in [6.07, 6.45) is 0.613. The number of rotatable bonds is 2. The van der Waals surface area contributed by atoms with Gasteiger partial charge in [0.25, 0.3) is 0 Å². The van der Waals surface area contributed by atoms with E-state index < -0.39 is 0 Å². The molecule has 0 aromatic carbocycles. The highest BCUT2D eigenvalue weighted by Crippen LogP contribution is 2.32. The number of nitrogens with two attached hydrogens (primary N) is 1. The molecule has 6 heteroatoms. The van der Waals surface area contributed by atoms with Gasteiger partial charge in [-0.25, -0.2) is 9.97 Å². The quantitative estimate of drug-likeness (QED) is 0.870. The highest BCUT2D eigenvalue weighted by molar-refractivity contribution is 7.18. The van der Waals surface area contributed by atoms with E-state index in [4.69, 9.17) is 5.73 Å². The Hall–Kier alpha value is -1.24. The molecule has 0 spiro atoms. The number of nitrogen functional groups attached to an aromatic ring is 1. The topological polar surface area (TPSA) is 75.3 Å². The fourth-order valence-corrected chi connectivity index (χ4v) is 3.61. The smallest absolute Gasteiger partial charge is 0.146 e. The average molecular weight is 278 g/mol. The highest BCUT2D eigenvalue weighted by atomic mass is 32.1. The van der Waals surface area contributed by atoms with Gasteiger partial charge >= 0.3 is 0 Å². The third-order valence-corrected chi connectivity index (χ3v) is 4.82. The standard InChI is InChI=1S/C13H18N4OS/c1-7-8(2)19-13-11(7)12(14)15-10(16-13)6-17-4-3-9(18)5-17/h9,18H,3-6H2,1-2H3,(H2,14,15,16)/t9-/m1/s1.